The van der Waals surface area contributed by atoms with Crippen LogP contribution >= 0.6 is 11.6 Å². The Hall–Kier alpha value is -2.12. The van der Waals surface area contributed by atoms with Crippen molar-refractivity contribution < 1.29 is 9.53 Å². The largest absolute Gasteiger partial charge is 0.368 e. The van der Waals surface area contributed by atoms with Gasteiger partial charge in [-0.15, -0.1) is 0 Å². The van der Waals surface area contributed by atoms with E-state index in [9.17, 15) is 4.79 Å². The van der Waals surface area contributed by atoms with Crippen LogP contribution in [-0.4, -0.2) is 59.1 Å². The smallest absolute Gasteiger partial charge is 0.270 e. The predicted octanol–water partition coefficient (Wildman–Crippen LogP) is 1.75. The third-order valence-electron chi connectivity index (χ3n) is 3.94. The summed E-state index contributed by atoms with van der Waals surface area (Å²) >= 11 is 5.98. The Bertz CT molecular complexity index is 746. The number of carbonyl (C=O) groups excluding carboxylic acids is 1. The van der Waals surface area contributed by atoms with Gasteiger partial charge in [0.25, 0.3) is 5.91 Å². The first-order chi connectivity index (χ1) is 11.5. The molecule has 0 N–H and O–H groups in total. The van der Waals surface area contributed by atoms with Crippen LogP contribution in [0.2, 0.25) is 5.02 Å². The Morgan fingerprint density at radius 2 is 2.25 bits per heavy atom. The van der Waals surface area contributed by atoms with Crippen molar-refractivity contribution in [2.75, 3.05) is 38.7 Å². The lowest BCUT2D eigenvalue weighted by Gasteiger charge is -2.32. The first kappa shape index (κ1) is 16.7. The summed E-state index contributed by atoms with van der Waals surface area (Å²) in [5, 5.41) is 0.553. The van der Waals surface area contributed by atoms with E-state index >= 15 is 0 Å². The van der Waals surface area contributed by atoms with Gasteiger partial charge in [-0.3, -0.25) is 4.79 Å². The van der Waals surface area contributed by atoms with E-state index in [0.29, 0.717) is 36.4 Å². The van der Waals surface area contributed by atoms with Crippen molar-refractivity contribution in [1.29, 1.82) is 0 Å². The second-order valence-electron chi connectivity index (χ2n) is 5.94. The standard InChI is InChI=1S/C16H20ClN5O2/c1-20(2)16-18-5-4-12(19-16)14-10-22(6-7-24-14)15(23)13-8-11(17)9-21(13)3/h4-5,8-9,14H,6-7,10H2,1-3H3. The van der Waals surface area contributed by atoms with Gasteiger partial charge < -0.3 is 19.1 Å². The molecule has 128 valence electrons. The van der Waals surface area contributed by atoms with Gasteiger partial charge in [-0.1, -0.05) is 11.6 Å². The van der Waals surface area contributed by atoms with E-state index in [1.54, 1.807) is 27.9 Å². The van der Waals surface area contributed by atoms with Crippen molar-refractivity contribution in [3.63, 3.8) is 0 Å². The maximum absolute atomic E-state index is 12.7. The SMILES string of the molecule is CN(C)c1nccc(C2CN(C(=O)c3cc(Cl)cn3C)CCO2)n1. The van der Waals surface area contributed by atoms with Crippen molar-refractivity contribution in [1.82, 2.24) is 19.4 Å². The number of anilines is 1. The first-order valence-corrected chi connectivity index (χ1v) is 8.06. The average Bonchev–Trinajstić information content (AvgIpc) is 2.92. The lowest BCUT2D eigenvalue weighted by Crippen LogP contribution is -2.43. The molecule has 1 fully saturated rings. The Kier molecular flexibility index (Phi) is 4.73. The van der Waals surface area contributed by atoms with Gasteiger partial charge in [-0.2, -0.15) is 0 Å². The zero-order valence-electron chi connectivity index (χ0n) is 13.9. The molecule has 0 aromatic carbocycles. The molecule has 1 amide bonds. The molecule has 24 heavy (non-hydrogen) atoms. The fourth-order valence-electron chi connectivity index (χ4n) is 2.67. The maximum Gasteiger partial charge on any atom is 0.270 e. The van der Waals surface area contributed by atoms with Crippen molar-refractivity contribution in [2.45, 2.75) is 6.10 Å². The molecule has 1 aliphatic rings. The third-order valence-corrected chi connectivity index (χ3v) is 4.15. The average molecular weight is 350 g/mol. The second-order valence-corrected chi connectivity index (χ2v) is 6.38. The van der Waals surface area contributed by atoms with Gasteiger partial charge in [-0.25, -0.2) is 9.97 Å². The summed E-state index contributed by atoms with van der Waals surface area (Å²) in [5.41, 5.74) is 1.34. The minimum absolute atomic E-state index is 0.0559. The second kappa shape index (κ2) is 6.78. The molecule has 2 aromatic rings. The molecular formula is C16H20ClN5O2. The van der Waals surface area contributed by atoms with Crippen molar-refractivity contribution in [3.8, 4) is 0 Å². The molecule has 3 rings (SSSR count). The summed E-state index contributed by atoms with van der Waals surface area (Å²) in [6.45, 7) is 1.46. The van der Waals surface area contributed by atoms with Gasteiger partial charge in [0.2, 0.25) is 5.95 Å². The van der Waals surface area contributed by atoms with Crippen LogP contribution in [-0.2, 0) is 11.8 Å². The van der Waals surface area contributed by atoms with E-state index < -0.39 is 0 Å². The van der Waals surface area contributed by atoms with Gasteiger partial charge in [0.05, 0.1) is 23.9 Å². The molecule has 0 bridgehead atoms. The number of amides is 1. The Morgan fingerprint density at radius 1 is 1.46 bits per heavy atom. The summed E-state index contributed by atoms with van der Waals surface area (Å²) in [5.74, 6) is 0.563. The Balaban J connectivity index is 1.78. The highest BCUT2D eigenvalue weighted by Gasteiger charge is 2.28. The summed E-state index contributed by atoms with van der Waals surface area (Å²) in [4.78, 5) is 25.1. The highest BCUT2D eigenvalue weighted by atomic mass is 35.5. The summed E-state index contributed by atoms with van der Waals surface area (Å²) in [6.07, 6.45) is 3.17. The molecule has 0 aliphatic carbocycles. The molecule has 2 aromatic heterocycles. The maximum atomic E-state index is 12.7. The predicted molar refractivity (Wildman–Crippen MR) is 91.4 cm³/mol. The van der Waals surface area contributed by atoms with Gasteiger partial charge >= 0.3 is 0 Å². The molecular weight excluding hydrogens is 330 g/mol. The molecule has 8 heteroatoms. The minimum Gasteiger partial charge on any atom is -0.368 e. The number of aryl methyl sites for hydroxylation is 1. The summed E-state index contributed by atoms with van der Waals surface area (Å²) < 4.78 is 7.55. The van der Waals surface area contributed by atoms with Gasteiger partial charge in [0.15, 0.2) is 0 Å². The normalized spacial score (nSPS) is 17.8. The number of carbonyl (C=O) groups is 1. The quantitative estimate of drug-likeness (QED) is 0.844. The highest BCUT2D eigenvalue weighted by Crippen LogP contribution is 2.23. The van der Waals surface area contributed by atoms with Crippen LogP contribution in [0, 0.1) is 0 Å². The third kappa shape index (κ3) is 3.37. The van der Waals surface area contributed by atoms with Gasteiger partial charge in [0, 0.05) is 40.1 Å². The van der Waals surface area contributed by atoms with Crippen LogP contribution in [0.4, 0.5) is 5.95 Å². The van der Waals surface area contributed by atoms with Crippen LogP contribution in [0.3, 0.4) is 0 Å². The molecule has 1 aliphatic heterocycles. The van der Waals surface area contributed by atoms with Crippen LogP contribution in [0.5, 0.6) is 0 Å². The topological polar surface area (TPSA) is 63.5 Å². The lowest BCUT2D eigenvalue weighted by molar-refractivity contribution is -0.0250. The van der Waals surface area contributed by atoms with E-state index in [-0.39, 0.29) is 12.0 Å². The number of aromatic nitrogens is 3. The molecule has 1 saturated heterocycles. The number of nitrogens with zero attached hydrogens (tertiary/aromatic N) is 5. The number of rotatable bonds is 3. The van der Waals surface area contributed by atoms with E-state index in [1.807, 2.05) is 32.1 Å². The van der Waals surface area contributed by atoms with Crippen LogP contribution in [0.25, 0.3) is 0 Å². The van der Waals surface area contributed by atoms with Crippen LogP contribution in [0.15, 0.2) is 24.5 Å². The minimum atomic E-state index is -0.264. The molecule has 0 radical (unpaired) electrons. The fraction of sp³-hybridized carbons (Fsp3) is 0.438. The molecule has 7 nitrogen and oxygen atoms in total. The van der Waals surface area contributed by atoms with Crippen molar-refractivity contribution in [2.24, 2.45) is 7.05 Å². The highest BCUT2D eigenvalue weighted by molar-refractivity contribution is 6.31. The Morgan fingerprint density at radius 3 is 2.92 bits per heavy atom. The number of morpholine rings is 1. The van der Waals surface area contributed by atoms with E-state index in [1.165, 1.54) is 0 Å². The monoisotopic (exact) mass is 349 g/mol. The fourth-order valence-corrected chi connectivity index (χ4v) is 2.92. The number of hydrogen-bond donors (Lipinski definition) is 0. The zero-order chi connectivity index (χ0) is 17.3. The van der Waals surface area contributed by atoms with Gasteiger partial charge in [-0.05, 0) is 12.1 Å². The number of halogens is 1. The van der Waals surface area contributed by atoms with Crippen molar-refractivity contribution in [3.05, 3.63) is 40.9 Å². The molecule has 0 spiro atoms. The van der Waals surface area contributed by atoms with Crippen LogP contribution in [0.1, 0.15) is 22.3 Å². The molecule has 1 unspecified atom stereocenters. The van der Waals surface area contributed by atoms with Gasteiger partial charge in [0.1, 0.15) is 11.8 Å². The summed E-state index contributed by atoms with van der Waals surface area (Å²) in [6, 6.07) is 3.51. The zero-order valence-corrected chi connectivity index (χ0v) is 14.7. The lowest BCUT2D eigenvalue weighted by atomic mass is 10.2. The number of hydrogen-bond acceptors (Lipinski definition) is 5. The molecule has 1 atom stereocenters. The van der Waals surface area contributed by atoms with E-state index in [2.05, 4.69) is 9.97 Å². The number of ether oxygens (including phenoxy) is 1. The molecule has 0 saturated carbocycles. The summed E-state index contributed by atoms with van der Waals surface area (Å²) in [7, 11) is 5.58. The Labute approximate surface area is 145 Å². The van der Waals surface area contributed by atoms with E-state index in [0.717, 1.165) is 5.69 Å². The van der Waals surface area contributed by atoms with Crippen molar-refractivity contribution >= 4 is 23.5 Å². The van der Waals surface area contributed by atoms with Crippen LogP contribution < -0.4 is 4.90 Å². The molecule has 3 heterocycles. The first-order valence-electron chi connectivity index (χ1n) is 7.68. The van der Waals surface area contributed by atoms with E-state index in [4.69, 9.17) is 16.3 Å².